The Balaban J connectivity index is 1.56. The molecule has 20 heavy (non-hydrogen) atoms. The molecule has 4 fully saturated rings. The van der Waals surface area contributed by atoms with Crippen molar-refractivity contribution in [2.75, 3.05) is 0 Å². The first-order chi connectivity index (χ1) is 9.44. The summed E-state index contributed by atoms with van der Waals surface area (Å²) >= 11 is 0. The lowest BCUT2D eigenvalue weighted by molar-refractivity contribution is -0.0136. The standard InChI is InChI=1S/C17H30N2O/c1-11(2)4-12(3)18-16(20)19-17-8-13-5-14(9-17)7-15(6-13)10-17/h11-15H,4-10H2,1-3H3,(H2,18,19,20)/t12-,13?,14?,15?,17?/m0/s1. The predicted octanol–water partition coefficient (Wildman–Crippen LogP) is 3.69. The molecule has 1 atom stereocenters. The summed E-state index contributed by atoms with van der Waals surface area (Å²) in [4.78, 5) is 12.3. The van der Waals surface area contributed by atoms with E-state index in [-0.39, 0.29) is 17.6 Å². The van der Waals surface area contributed by atoms with Crippen LogP contribution in [0.15, 0.2) is 0 Å². The van der Waals surface area contributed by atoms with Crippen molar-refractivity contribution >= 4 is 6.03 Å². The van der Waals surface area contributed by atoms with Crippen molar-refractivity contribution in [1.29, 1.82) is 0 Å². The summed E-state index contributed by atoms with van der Waals surface area (Å²) in [7, 11) is 0. The van der Waals surface area contributed by atoms with Crippen molar-refractivity contribution in [3.63, 3.8) is 0 Å². The van der Waals surface area contributed by atoms with Crippen LogP contribution >= 0.6 is 0 Å². The number of carbonyl (C=O) groups is 1. The molecule has 4 aliphatic rings. The van der Waals surface area contributed by atoms with Gasteiger partial charge in [-0.2, -0.15) is 0 Å². The summed E-state index contributed by atoms with van der Waals surface area (Å²) in [5.41, 5.74) is 0.135. The minimum Gasteiger partial charge on any atom is -0.336 e. The third-order valence-electron chi connectivity index (χ3n) is 5.62. The van der Waals surface area contributed by atoms with Crippen LogP contribution in [0, 0.1) is 23.7 Å². The van der Waals surface area contributed by atoms with Crippen LogP contribution in [0.1, 0.15) is 65.7 Å². The van der Waals surface area contributed by atoms with Crippen molar-refractivity contribution in [3.8, 4) is 0 Å². The Morgan fingerprint density at radius 2 is 1.55 bits per heavy atom. The molecule has 0 unspecified atom stereocenters. The summed E-state index contributed by atoms with van der Waals surface area (Å²) < 4.78 is 0. The highest BCUT2D eigenvalue weighted by Gasteiger charge is 2.51. The van der Waals surface area contributed by atoms with E-state index in [9.17, 15) is 4.79 Å². The smallest absolute Gasteiger partial charge is 0.315 e. The second kappa shape index (κ2) is 5.23. The Hall–Kier alpha value is -0.730. The van der Waals surface area contributed by atoms with E-state index < -0.39 is 0 Å². The number of carbonyl (C=O) groups excluding carboxylic acids is 1. The van der Waals surface area contributed by atoms with Gasteiger partial charge >= 0.3 is 6.03 Å². The molecule has 114 valence electrons. The van der Waals surface area contributed by atoms with Gasteiger partial charge in [0.05, 0.1) is 0 Å². The van der Waals surface area contributed by atoms with Gasteiger partial charge in [0.2, 0.25) is 0 Å². The fourth-order valence-corrected chi connectivity index (χ4v) is 5.53. The predicted molar refractivity (Wildman–Crippen MR) is 81.5 cm³/mol. The zero-order chi connectivity index (χ0) is 14.3. The van der Waals surface area contributed by atoms with E-state index in [4.69, 9.17) is 0 Å². The van der Waals surface area contributed by atoms with Gasteiger partial charge in [-0.1, -0.05) is 13.8 Å². The molecule has 3 nitrogen and oxygen atoms in total. The van der Waals surface area contributed by atoms with Crippen molar-refractivity contribution < 1.29 is 4.79 Å². The maximum absolute atomic E-state index is 12.3. The Bertz CT molecular complexity index is 342. The zero-order valence-corrected chi connectivity index (χ0v) is 13.2. The average Bonchev–Trinajstić information content (AvgIpc) is 2.23. The van der Waals surface area contributed by atoms with Crippen molar-refractivity contribution in [3.05, 3.63) is 0 Å². The quantitative estimate of drug-likeness (QED) is 0.809. The van der Waals surface area contributed by atoms with Crippen LogP contribution in [0.2, 0.25) is 0 Å². The van der Waals surface area contributed by atoms with E-state index in [2.05, 4.69) is 31.4 Å². The van der Waals surface area contributed by atoms with Crippen LogP contribution in [-0.4, -0.2) is 17.6 Å². The van der Waals surface area contributed by atoms with Crippen LogP contribution in [0.3, 0.4) is 0 Å². The van der Waals surface area contributed by atoms with Gasteiger partial charge in [-0.05, 0) is 75.5 Å². The van der Waals surface area contributed by atoms with Crippen LogP contribution < -0.4 is 10.6 Å². The molecule has 0 aliphatic heterocycles. The molecular formula is C17H30N2O. The van der Waals surface area contributed by atoms with Gasteiger partial charge in [0.25, 0.3) is 0 Å². The monoisotopic (exact) mass is 278 g/mol. The highest BCUT2D eigenvalue weighted by molar-refractivity contribution is 5.75. The van der Waals surface area contributed by atoms with Gasteiger partial charge in [-0.3, -0.25) is 0 Å². The first kappa shape index (κ1) is 14.2. The molecule has 0 saturated heterocycles. The molecule has 4 bridgehead atoms. The third kappa shape index (κ3) is 2.96. The Kier molecular flexibility index (Phi) is 3.72. The number of amides is 2. The van der Waals surface area contributed by atoms with E-state index in [1.54, 1.807) is 0 Å². The van der Waals surface area contributed by atoms with E-state index in [1.807, 2.05) is 0 Å². The largest absolute Gasteiger partial charge is 0.336 e. The maximum Gasteiger partial charge on any atom is 0.315 e. The summed E-state index contributed by atoms with van der Waals surface area (Å²) in [5.74, 6) is 3.28. The molecular weight excluding hydrogens is 248 g/mol. The van der Waals surface area contributed by atoms with Crippen molar-refractivity contribution in [2.45, 2.75) is 77.3 Å². The SMILES string of the molecule is CC(C)C[C@H](C)NC(=O)NC12CC3CC(CC(C3)C1)C2. The van der Waals surface area contributed by atoms with E-state index in [1.165, 1.54) is 38.5 Å². The second-order valence-electron chi connectivity index (χ2n) is 8.33. The number of hydrogen-bond donors (Lipinski definition) is 2. The molecule has 0 aromatic heterocycles. The van der Waals surface area contributed by atoms with Gasteiger partial charge in [0, 0.05) is 11.6 Å². The molecule has 0 spiro atoms. The van der Waals surface area contributed by atoms with Crippen molar-refractivity contribution in [2.24, 2.45) is 23.7 Å². The minimum absolute atomic E-state index is 0.0695. The first-order valence-electron chi connectivity index (χ1n) is 8.53. The Morgan fingerprint density at radius 3 is 2.00 bits per heavy atom. The van der Waals surface area contributed by atoms with Crippen LogP contribution in [0.25, 0.3) is 0 Å². The summed E-state index contributed by atoms with van der Waals surface area (Å²) in [6.45, 7) is 6.52. The lowest BCUT2D eigenvalue weighted by Gasteiger charge is -2.56. The van der Waals surface area contributed by atoms with E-state index in [0.717, 1.165) is 24.2 Å². The highest BCUT2D eigenvalue weighted by atomic mass is 16.2. The molecule has 3 heteroatoms. The van der Waals surface area contributed by atoms with Crippen LogP contribution in [0.5, 0.6) is 0 Å². The highest BCUT2D eigenvalue weighted by Crippen LogP contribution is 2.55. The summed E-state index contributed by atoms with van der Waals surface area (Å²) in [5, 5.41) is 6.51. The molecule has 4 saturated carbocycles. The molecule has 0 radical (unpaired) electrons. The van der Waals surface area contributed by atoms with Crippen LogP contribution in [0.4, 0.5) is 4.79 Å². The number of rotatable bonds is 4. The molecule has 4 rings (SSSR count). The average molecular weight is 278 g/mol. The van der Waals surface area contributed by atoms with Crippen molar-refractivity contribution in [1.82, 2.24) is 10.6 Å². The normalized spacial score (nSPS) is 39.9. The summed E-state index contributed by atoms with van der Waals surface area (Å²) in [6.07, 6.45) is 9.00. The number of urea groups is 1. The van der Waals surface area contributed by atoms with E-state index in [0.29, 0.717) is 5.92 Å². The number of hydrogen-bond acceptors (Lipinski definition) is 1. The summed E-state index contributed by atoms with van der Waals surface area (Å²) in [6, 6.07) is 0.337. The molecule has 2 amide bonds. The van der Waals surface area contributed by atoms with Gasteiger partial charge < -0.3 is 10.6 Å². The molecule has 0 heterocycles. The number of nitrogens with one attached hydrogen (secondary N) is 2. The van der Waals surface area contributed by atoms with Gasteiger partial charge in [0.1, 0.15) is 0 Å². The molecule has 0 aromatic rings. The van der Waals surface area contributed by atoms with Crippen LogP contribution in [-0.2, 0) is 0 Å². The second-order valence-corrected chi connectivity index (χ2v) is 8.33. The lowest BCUT2D eigenvalue weighted by Crippen LogP contribution is -2.62. The topological polar surface area (TPSA) is 41.1 Å². The van der Waals surface area contributed by atoms with Gasteiger partial charge in [0.15, 0.2) is 0 Å². The molecule has 2 N–H and O–H groups in total. The third-order valence-corrected chi connectivity index (χ3v) is 5.62. The fourth-order valence-electron chi connectivity index (χ4n) is 5.53. The maximum atomic E-state index is 12.3. The lowest BCUT2D eigenvalue weighted by atomic mass is 9.53. The zero-order valence-electron chi connectivity index (χ0n) is 13.2. The molecule has 4 aliphatic carbocycles. The Labute approximate surface area is 123 Å². The Morgan fingerprint density at radius 1 is 1.05 bits per heavy atom. The van der Waals surface area contributed by atoms with Gasteiger partial charge in [-0.25, -0.2) is 4.79 Å². The van der Waals surface area contributed by atoms with E-state index >= 15 is 0 Å². The van der Waals surface area contributed by atoms with Gasteiger partial charge in [-0.15, -0.1) is 0 Å². The fraction of sp³-hybridized carbons (Fsp3) is 0.941. The molecule has 0 aromatic carbocycles. The first-order valence-corrected chi connectivity index (χ1v) is 8.53. The minimum atomic E-state index is 0.0695.